The Labute approximate surface area is 91.3 Å². The highest BCUT2D eigenvalue weighted by molar-refractivity contribution is 5.37. The molecule has 0 saturated heterocycles. The molecule has 0 unspecified atom stereocenters. The molecule has 0 spiro atoms. The van der Waals surface area contributed by atoms with Gasteiger partial charge in [-0.2, -0.15) is 13.2 Å². The van der Waals surface area contributed by atoms with E-state index in [1.54, 1.807) is 6.92 Å². The van der Waals surface area contributed by atoms with Crippen molar-refractivity contribution in [2.24, 2.45) is 5.73 Å². The third-order valence-electron chi connectivity index (χ3n) is 1.85. The predicted molar refractivity (Wildman–Crippen MR) is 54.1 cm³/mol. The molecule has 0 aliphatic heterocycles. The highest BCUT2D eigenvalue weighted by Crippen LogP contribution is 2.20. The second kappa shape index (κ2) is 5.11. The fraction of sp³-hybridized carbons (Fsp3) is 0.556. The van der Waals surface area contributed by atoms with Crippen molar-refractivity contribution in [2.45, 2.75) is 13.1 Å². The van der Waals surface area contributed by atoms with E-state index in [1.807, 2.05) is 0 Å². The maximum absolute atomic E-state index is 12.3. The number of halogens is 3. The van der Waals surface area contributed by atoms with E-state index in [-0.39, 0.29) is 18.9 Å². The number of aromatic nitrogens is 2. The summed E-state index contributed by atoms with van der Waals surface area (Å²) in [6, 6.07) is 1.44. The van der Waals surface area contributed by atoms with E-state index in [9.17, 15) is 13.2 Å². The minimum atomic E-state index is -4.27. The lowest BCUT2D eigenvalue weighted by Gasteiger charge is -2.24. The monoisotopic (exact) mass is 234 g/mol. The van der Waals surface area contributed by atoms with E-state index in [0.29, 0.717) is 5.82 Å². The van der Waals surface area contributed by atoms with Crippen LogP contribution in [0.1, 0.15) is 5.82 Å². The molecule has 0 fully saturated rings. The summed E-state index contributed by atoms with van der Waals surface area (Å²) >= 11 is 0. The molecule has 1 rings (SSSR count). The minimum absolute atomic E-state index is 0.107. The van der Waals surface area contributed by atoms with E-state index < -0.39 is 12.7 Å². The van der Waals surface area contributed by atoms with Crippen LogP contribution in [-0.4, -0.2) is 35.8 Å². The first-order valence-corrected chi connectivity index (χ1v) is 4.74. The Hall–Kier alpha value is -1.37. The summed E-state index contributed by atoms with van der Waals surface area (Å²) in [6.07, 6.45) is -2.84. The number of aryl methyl sites for hydroxylation is 1. The summed E-state index contributed by atoms with van der Waals surface area (Å²) in [7, 11) is 0. The van der Waals surface area contributed by atoms with Crippen LogP contribution in [-0.2, 0) is 0 Å². The molecule has 0 amide bonds. The third kappa shape index (κ3) is 4.01. The molecule has 7 heteroatoms. The molecule has 90 valence electrons. The zero-order chi connectivity index (χ0) is 12.2. The van der Waals surface area contributed by atoms with Crippen molar-refractivity contribution in [3.05, 3.63) is 18.1 Å². The number of hydrogen-bond donors (Lipinski definition) is 1. The minimum Gasteiger partial charge on any atom is -0.346 e. The van der Waals surface area contributed by atoms with E-state index in [1.165, 1.54) is 12.3 Å². The van der Waals surface area contributed by atoms with Gasteiger partial charge in [-0.05, 0) is 13.0 Å². The molecule has 0 bridgehead atoms. The quantitative estimate of drug-likeness (QED) is 0.848. The number of alkyl halides is 3. The Morgan fingerprint density at radius 3 is 2.62 bits per heavy atom. The molecule has 1 heterocycles. The molecule has 0 aliphatic rings. The fourth-order valence-corrected chi connectivity index (χ4v) is 1.27. The standard InChI is InChI=1S/C9H13F3N4/c1-7-14-4-2-8(15-7)16(5-3-13)6-9(10,11)12/h2,4H,3,5-6,13H2,1H3. The van der Waals surface area contributed by atoms with Crippen molar-refractivity contribution in [2.75, 3.05) is 24.5 Å². The molecule has 0 aliphatic carbocycles. The van der Waals surface area contributed by atoms with Crippen LogP contribution in [0.2, 0.25) is 0 Å². The zero-order valence-corrected chi connectivity index (χ0v) is 8.83. The van der Waals surface area contributed by atoms with Crippen molar-refractivity contribution in [1.82, 2.24) is 9.97 Å². The summed E-state index contributed by atoms with van der Waals surface area (Å²) < 4.78 is 36.9. The topological polar surface area (TPSA) is 55.0 Å². The number of rotatable bonds is 4. The zero-order valence-electron chi connectivity index (χ0n) is 8.83. The van der Waals surface area contributed by atoms with Crippen molar-refractivity contribution in [3.63, 3.8) is 0 Å². The van der Waals surface area contributed by atoms with Gasteiger partial charge in [-0.15, -0.1) is 0 Å². The van der Waals surface area contributed by atoms with E-state index in [0.717, 1.165) is 4.90 Å². The summed E-state index contributed by atoms with van der Waals surface area (Å²) in [5, 5.41) is 0. The van der Waals surface area contributed by atoms with Gasteiger partial charge in [-0.1, -0.05) is 0 Å². The molecule has 0 atom stereocenters. The Morgan fingerprint density at radius 1 is 1.44 bits per heavy atom. The van der Waals surface area contributed by atoms with Crippen LogP contribution in [0.4, 0.5) is 19.0 Å². The van der Waals surface area contributed by atoms with Crippen LogP contribution in [0.25, 0.3) is 0 Å². The largest absolute Gasteiger partial charge is 0.405 e. The second-order valence-electron chi connectivity index (χ2n) is 3.29. The van der Waals surface area contributed by atoms with Crippen LogP contribution in [0.15, 0.2) is 12.3 Å². The summed E-state index contributed by atoms with van der Waals surface area (Å²) in [5.74, 6) is 0.678. The van der Waals surface area contributed by atoms with Gasteiger partial charge in [0.2, 0.25) is 0 Å². The third-order valence-corrected chi connectivity index (χ3v) is 1.85. The Morgan fingerprint density at radius 2 is 2.12 bits per heavy atom. The summed E-state index contributed by atoms with van der Waals surface area (Å²) in [6.45, 7) is 0.813. The Balaban J connectivity index is 2.85. The number of anilines is 1. The first kappa shape index (κ1) is 12.7. The molecular weight excluding hydrogens is 221 g/mol. The van der Waals surface area contributed by atoms with Gasteiger partial charge in [0.25, 0.3) is 0 Å². The van der Waals surface area contributed by atoms with Crippen LogP contribution >= 0.6 is 0 Å². The Kier molecular flexibility index (Phi) is 4.05. The summed E-state index contributed by atoms with van der Waals surface area (Å²) in [4.78, 5) is 8.86. The second-order valence-corrected chi connectivity index (χ2v) is 3.29. The van der Waals surface area contributed by atoms with Crippen LogP contribution in [0, 0.1) is 6.92 Å². The summed E-state index contributed by atoms with van der Waals surface area (Å²) in [5.41, 5.74) is 5.27. The van der Waals surface area contributed by atoms with Crippen LogP contribution in [0.5, 0.6) is 0 Å². The van der Waals surface area contributed by atoms with Gasteiger partial charge in [0.15, 0.2) is 0 Å². The number of nitrogens with two attached hydrogens (primary N) is 1. The van der Waals surface area contributed by atoms with Crippen molar-refractivity contribution < 1.29 is 13.2 Å². The van der Waals surface area contributed by atoms with Crippen molar-refractivity contribution in [1.29, 1.82) is 0 Å². The van der Waals surface area contributed by atoms with Gasteiger partial charge < -0.3 is 10.6 Å². The molecule has 0 saturated carbocycles. The van der Waals surface area contributed by atoms with E-state index in [2.05, 4.69) is 9.97 Å². The fourth-order valence-electron chi connectivity index (χ4n) is 1.27. The van der Waals surface area contributed by atoms with Crippen LogP contribution < -0.4 is 10.6 Å². The number of nitrogens with zero attached hydrogens (tertiary/aromatic N) is 3. The van der Waals surface area contributed by atoms with Gasteiger partial charge >= 0.3 is 6.18 Å². The first-order valence-electron chi connectivity index (χ1n) is 4.74. The average molecular weight is 234 g/mol. The van der Waals surface area contributed by atoms with Gasteiger partial charge in [0.05, 0.1) is 0 Å². The smallest absolute Gasteiger partial charge is 0.346 e. The molecule has 4 nitrogen and oxygen atoms in total. The maximum atomic E-state index is 12.3. The average Bonchev–Trinajstić information content (AvgIpc) is 2.15. The molecule has 0 radical (unpaired) electrons. The predicted octanol–water partition coefficient (Wildman–Crippen LogP) is 1.11. The normalized spacial score (nSPS) is 11.6. The van der Waals surface area contributed by atoms with E-state index >= 15 is 0 Å². The molecule has 1 aromatic heterocycles. The lowest BCUT2D eigenvalue weighted by Crippen LogP contribution is -2.38. The van der Waals surface area contributed by atoms with Gasteiger partial charge in [-0.3, -0.25) is 0 Å². The molecule has 1 aromatic rings. The van der Waals surface area contributed by atoms with E-state index in [4.69, 9.17) is 5.73 Å². The highest BCUT2D eigenvalue weighted by atomic mass is 19.4. The molecule has 16 heavy (non-hydrogen) atoms. The van der Waals surface area contributed by atoms with Gasteiger partial charge in [0.1, 0.15) is 18.2 Å². The lowest BCUT2D eigenvalue weighted by molar-refractivity contribution is -0.119. The van der Waals surface area contributed by atoms with Crippen molar-refractivity contribution >= 4 is 5.82 Å². The SMILES string of the molecule is Cc1nccc(N(CCN)CC(F)(F)F)n1. The first-order chi connectivity index (χ1) is 7.42. The molecule has 2 N–H and O–H groups in total. The highest BCUT2D eigenvalue weighted by Gasteiger charge is 2.31. The number of hydrogen-bond acceptors (Lipinski definition) is 4. The molecule has 0 aromatic carbocycles. The lowest BCUT2D eigenvalue weighted by atomic mass is 10.4. The maximum Gasteiger partial charge on any atom is 0.405 e. The molecular formula is C9H13F3N4. The van der Waals surface area contributed by atoms with Gasteiger partial charge in [0, 0.05) is 19.3 Å². The van der Waals surface area contributed by atoms with Crippen molar-refractivity contribution in [3.8, 4) is 0 Å². The van der Waals surface area contributed by atoms with Crippen LogP contribution in [0.3, 0.4) is 0 Å². The van der Waals surface area contributed by atoms with Gasteiger partial charge in [-0.25, -0.2) is 9.97 Å². The Bertz CT molecular complexity index is 340.